The standard InChI is InChI=1S/C6H7ClN6O/c1-13-3-8-11-5(13)9-6-12-10-4(2-7)14-6/h3H,2H2,1H3,(H,9,11,12). The average molecular weight is 215 g/mol. The molecule has 2 aromatic heterocycles. The maximum absolute atomic E-state index is 5.50. The van der Waals surface area contributed by atoms with Crippen molar-refractivity contribution in [2.75, 3.05) is 5.32 Å². The van der Waals surface area contributed by atoms with Gasteiger partial charge in [-0.2, -0.15) is 0 Å². The Hall–Kier alpha value is -1.63. The van der Waals surface area contributed by atoms with Gasteiger partial charge >= 0.3 is 6.01 Å². The van der Waals surface area contributed by atoms with Gasteiger partial charge in [0.15, 0.2) is 0 Å². The second-order valence-corrected chi connectivity index (χ2v) is 2.79. The number of nitrogens with zero attached hydrogens (tertiary/aromatic N) is 5. The van der Waals surface area contributed by atoms with Crippen LogP contribution in [0.4, 0.5) is 12.0 Å². The van der Waals surface area contributed by atoms with E-state index in [4.69, 9.17) is 16.0 Å². The molecule has 0 amide bonds. The third-order valence-electron chi connectivity index (χ3n) is 1.51. The summed E-state index contributed by atoms with van der Waals surface area (Å²) >= 11 is 5.50. The minimum absolute atomic E-state index is 0.188. The van der Waals surface area contributed by atoms with Gasteiger partial charge in [0.2, 0.25) is 11.8 Å². The first-order chi connectivity index (χ1) is 6.79. The molecule has 0 unspecified atom stereocenters. The molecular formula is C6H7ClN6O. The minimum atomic E-state index is 0.188. The molecule has 0 atom stereocenters. The second-order valence-electron chi connectivity index (χ2n) is 2.53. The SMILES string of the molecule is Cn1cnnc1Nc1nnc(CCl)o1. The van der Waals surface area contributed by atoms with Gasteiger partial charge in [-0.1, -0.05) is 5.10 Å². The highest BCUT2D eigenvalue weighted by molar-refractivity contribution is 6.16. The topological polar surface area (TPSA) is 81.7 Å². The number of hydrogen-bond donors (Lipinski definition) is 1. The molecule has 0 bridgehead atoms. The fourth-order valence-corrected chi connectivity index (χ4v) is 0.958. The van der Waals surface area contributed by atoms with Crippen molar-refractivity contribution in [3.63, 3.8) is 0 Å². The van der Waals surface area contributed by atoms with E-state index in [9.17, 15) is 0 Å². The summed E-state index contributed by atoms with van der Waals surface area (Å²) in [4.78, 5) is 0. The molecule has 0 aliphatic carbocycles. The van der Waals surface area contributed by atoms with Crippen LogP contribution >= 0.6 is 11.6 Å². The number of alkyl halides is 1. The Morgan fingerprint density at radius 2 is 2.36 bits per heavy atom. The smallest absolute Gasteiger partial charge is 0.322 e. The predicted octanol–water partition coefficient (Wildman–Crippen LogP) is 0.680. The monoisotopic (exact) mass is 214 g/mol. The Balaban J connectivity index is 2.15. The Kier molecular flexibility index (Phi) is 2.32. The third-order valence-corrected chi connectivity index (χ3v) is 1.74. The zero-order valence-electron chi connectivity index (χ0n) is 7.31. The molecule has 0 aliphatic heterocycles. The van der Waals surface area contributed by atoms with Crippen LogP contribution in [0.5, 0.6) is 0 Å². The fraction of sp³-hybridized carbons (Fsp3) is 0.333. The van der Waals surface area contributed by atoms with E-state index in [-0.39, 0.29) is 11.9 Å². The molecule has 2 aromatic rings. The lowest BCUT2D eigenvalue weighted by atomic mass is 10.8. The summed E-state index contributed by atoms with van der Waals surface area (Å²) in [5, 5.41) is 17.6. The molecule has 2 rings (SSSR count). The first-order valence-corrected chi connectivity index (χ1v) is 4.32. The maximum atomic E-state index is 5.50. The van der Waals surface area contributed by atoms with Crippen LogP contribution in [-0.2, 0) is 12.9 Å². The van der Waals surface area contributed by atoms with Gasteiger partial charge in [0, 0.05) is 7.05 Å². The summed E-state index contributed by atoms with van der Waals surface area (Å²) in [6, 6.07) is 0.247. The summed E-state index contributed by atoms with van der Waals surface area (Å²) in [6.45, 7) is 0. The van der Waals surface area contributed by atoms with Crippen molar-refractivity contribution in [3.8, 4) is 0 Å². The fourth-order valence-electron chi connectivity index (χ4n) is 0.850. The molecule has 0 spiro atoms. The zero-order valence-corrected chi connectivity index (χ0v) is 8.06. The van der Waals surface area contributed by atoms with Crippen molar-refractivity contribution in [2.24, 2.45) is 7.05 Å². The highest BCUT2D eigenvalue weighted by Gasteiger charge is 2.07. The maximum Gasteiger partial charge on any atom is 0.322 e. The molecule has 1 N–H and O–H groups in total. The van der Waals surface area contributed by atoms with Gasteiger partial charge in [-0.3, -0.25) is 5.32 Å². The summed E-state index contributed by atoms with van der Waals surface area (Å²) in [5.41, 5.74) is 0. The van der Waals surface area contributed by atoms with Crippen LogP contribution < -0.4 is 5.32 Å². The Labute approximate surface area is 84.1 Å². The average Bonchev–Trinajstić information content (AvgIpc) is 2.77. The number of halogens is 1. The van der Waals surface area contributed by atoms with Crippen LogP contribution in [0.1, 0.15) is 5.89 Å². The van der Waals surface area contributed by atoms with Gasteiger partial charge < -0.3 is 8.98 Å². The van der Waals surface area contributed by atoms with Crippen LogP contribution in [0.15, 0.2) is 10.7 Å². The van der Waals surface area contributed by atoms with Crippen LogP contribution in [0.25, 0.3) is 0 Å². The zero-order chi connectivity index (χ0) is 9.97. The van der Waals surface area contributed by atoms with Crippen LogP contribution in [0.2, 0.25) is 0 Å². The highest BCUT2D eigenvalue weighted by Crippen LogP contribution is 2.12. The van der Waals surface area contributed by atoms with Gasteiger partial charge in [-0.25, -0.2) is 0 Å². The molecule has 0 fully saturated rings. The molecular weight excluding hydrogens is 208 g/mol. The Bertz CT molecular complexity index is 423. The Morgan fingerprint density at radius 1 is 1.50 bits per heavy atom. The lowest BCUT2D eigenvalue weighted by molar-refractivity contribution is 0.529. The van der Waals surface area contributed by atoms with E-state index >= 15 is 0 Å². The van der Waals surface area contributed by atoms with Crippen molar-refractivity contribution in [2.45, 2.75) is 5.88 Å². The van der Waals surface area contributed by atoms with E-state index in [2.05, 4.69) is 25.7 Å². The van der Waals surface area contributed by atoms with Crippen molar-refractivity contribution in [3.05, 3.63) is 12.2 Å². The molecule has 7 nitrogen and oxygen atoms in total. The Morgan fingerprint density at radius 3 is 2.93 bits per heavy atom. The second kappa shape index (κ2) is 3.62. The lowest BCUT2D eigenvalue weighted by Crippen LogP contribution is -1.98. The molecule has 0 aromatic carbocycles. The molecule has 0 aliphatic rings. The van der Waals surface area contributed by atoms with Crippen LogP contribution in [-0.4, -0.2) is 25.0 Å². The van der Waals surface area contributed by atoms with E-state index < -0.39 is 0 Å². The van der Waals surface area contributed by atoms with Crippen molar-refractivity contribution in [1.82, 2.24) is 25.0 Å². The molecule has 74 valence electrons. The van der Waals surface area contributed by atoms with Crippen molar-refractivity contribution in [1.29, 1.82) is 0 Å². The number of anilines is 2. The number of rotatable bonds is 3. The van der Waals surface area contributed by atoms with Crippen LogP contribution in [0, 0.1) is 0 Å². The first kappa shape index (κ1) is 8.95. The number of hydrogen-bond acceptors (Lipinski definition) is 6. The quantitative estimate of drug-likeness (QED) is 0.757. The predicted molar refractivity (Wildman–Crippen MR) is 48.1 cm³/mol. The van der Waals surface area contributed by atoms with Crippen molar-refractivity contribution >= 4 is 23.6 Å². The van der Waals surface area contributed by atoms with E-state index in [1.807, 2.05) is 0 Å². The summed E-state index contributed by atoms with van der Waals surface area (Å²) in [7, 11) is 1.79. The van der Waals surface area contributed by atoms with Gasteiger partial charge in [0.05, 0.1) is 0 Å². The van der Waals surface area contributed by atoms with Crippen LogP contribution in [0.3, 0.4) is 0 Å². The lowest BCUT2D eigenvalue weighted by Gasteiger charge is -1.97. The summed E-state index contributed by atoms with van der Waals surface area (Å²) < 4.78 is 6.80. The molecule has 0 radical (unpaired) electrons. The number of aryl methyl sites for hydroxylation is 1. The van der Waals surface area contributed by atoms with Crippen molar-refractivity contribution < 1.29 is 4.42 Å². The number of nitrogens with one attached hydrogen (secondary N) is 1. The van der Waals surface area contributed by atoms with E-state index in [1.165, 1.54) is 0 Å². The largest absolute Gasteiger partial charge is 0.407 e. The van der Waals surface area contributed by atoms with E-state index in [0.717, 1.165) is 0 Å². The number of aromatic nitrogens is 5. The minimum Gasteiger partial charge on any atom is -0.407 e. The molecule has 2 heterocycles. The summed E-state index contributed by atoms with van der Waals surface area (Å²) in [5.74, 6) is 1.07. The van der Waals surface area contributed by atoms with E-state index in [1.54, 1.807) is 17.9 Å². The van der Waals surface area contributed by atoms with E-state index in [0.29, 0.717) is 11.8 Å². The third kappa shape index (κ3) is 1.67. The van der Waals surface area contributed by atoms with Gasteiger partial charge in [-0.15, -0.1) is 26.9 Å². The van der Waals surface area contributed by atoms with Gasteiger partial charge in [-0.05, 0) is 0 Å². The molecule has 8 heteroatoms. The summed E-state index contributed by atoms with van der Waals surface area (Å²) in [6.07, 6.45) is 1.56. The molecule has 0 saturated carbocycles. The highest BCUT2D eigenvalue weighted by atomic mass is 35.5. The van der Waals surface area contributed by atoms with Gasteiger partial charge in [0.25, 0.3) is 0 Å². The first-order valence-electron chi connectivity index (χ1n) is 3.79. The molecule has 0 saturated heterocycles. The molecule has 14 heavy (non-hydrogen) atoms. The normalized spacial score (nSPS) is 10.4. The van der Waals surface area contributed by atoms with Gasteiger partial charge in [0.1, 0.15) is 12.2 Å².